The van der Waals surface area contributed by atoms with Crippen molar-refractivity contribution in [3.63, 3.8) is 0 Å². The number of halogens is 2. The van der Waals surface area contributed by atoms with Crippen LogP contribution >= 0.6 is 23.2 Å². The maximum Gasteiger partial charge on any atom is 0.223 e. The number of aryl methyl sites for hydroxylation is 1. The predicted molar refractivity (Wildman–Crippen MR) is 118 cm³/mol. The average Bonchev–Trinajstić information content (AvgIpc) is 2.71. The molecule has 1 aliphatic rings. The van der Waals surface area contributed by atoms with E-state index >= 15 is 0 Å². The molecule has 0 N–H and O–H groups in total. The molecule has 1 saturated heterocycles. The first-order valence-corrected chi connectivity index (χ1v) is 10.7. The van der Waals surface area contributed by atoms with Crippen LogP contribution in [0.4, 0.5) is 0 Å². The molecule has 1 unspecified atom stereocenters. The van der Waals surface area contributed by atoms with Crippen LogP contribution in [-0.2, 0) is 16.0 Å². The summed E-state index contributed by atoms with van der Waals surface area (Å²) in [6.07, 6.45) is 0.625. The van der Waals surface area contributed by atoms with Crippen LogP contribution in [0.25, 0.3) is 0 Å². The van der Waals surface area contributed by atoms with E-state index in [0.29, 0.717) is 60.5 Å². The van der Waals surface area contributed by atoms with E-state index < -0.39 is 0 Å². The van der Waals surface area contributed by atoms with Gasteiger partial charge < -0.3 is 14.4 Å². The third-order valence-corrected chi connectivity index (χ3v) is 5.86. The molecular weight excluding hydrogens is 425 g/mol. The Bertz CT molecular complexity index is 911. The summed E-state index contributed by atoms with van der Waals surface area (Å²) in [5.74, 6) is 0.751. The molecule has 0 aliphatic carbocycles. The zero-order chi connectivity index (χ0) is 21.7. The SMILES string of the molecule is CC(=O)c1ccc(OCC2CN(C(=O)CCc3c(Cl)cccc3Cl)CCO2)cc1C. The van der Waals surface area contributed by atoms with Crippen molar-refractivity contribution in [2.45, 2.75) is 32.8 Å². The van der Waals surface area contributed by atoms with Gasteiger partial charge in [0.05, 0.1) is 13.2 Å². The molecule has 0 radical (unpaired) electrons. The van der Waals surface area contributed by atoms with Crippen molar-refractivity contribution in [1.29, 1.82) is 0 Å². The standard InChI is InChI=1S/C23H25Cl2NO4/c1-15-12-17(6-7-19(15)16(2)27)30-14-18-13-26(10-11-29-18)23(28)9-8-20-21(24)4-3-5-22(20)25/h3-7,12,18H,8-11,13-14H2,1-2H3. The summed E-state index contributed by atoms with van der Waals surface area (Å²) in [5.41, 5.74) is 2.36. The first-order valence-electron chi connectivity index (χ1n) is 9.92. The van der Waals surface area contributed by atoms with E-state index in [2.05, 4.69) is 0 Å². The molecule has 5 nitrogen and oxygen atoms in total. The fraction of sp³-hybridized carbons (Fsp3) is 0.391. The molecule has 0 saturated carbocycles. The van der Waals surface area contributed by atoms with E-state index in [0.717, 1.165) is 11.1 Å². The summed E-state index contributed by atoms with van der Waals surface area (Å²) in [6, 6.07) is 10.7. The Kier molecular flexibility index (Phi) is 7.75. The quantitative estimate of drug-likeness (QED) is 0.572. The van der Waals surface area contributed by atoms with E-state index in [1.54, 1.807) is 42.2 Å². The molecule has 7 heteroatoms. The van der Waals surface area contributed by atoms with Gasteiger partial charge in [-0.05, 0) is 61.7 Å². The van der Waals surface area contributed by atoms with Crippen LogP contribution in [0.1, 0.15) is 34.8 Å². The van der Waals surface area contributed by atoms with E-state index in [9.17, 15) is 9.59 Å². The summed E-state index contributed by atoms with van der Waals surface area (Å²) in [7, 11) is 0. The molecule has 2 aromatic carbocycles. The normalized spacial score (nSPS) is 16.4. The molecular formula is C23H25Cl2NO4. The molecule has 160 valence electrons. The number of carbonyl (C=O) groups is 2. The van der Waals surface area contributed by atoms with Crippen molar-refractivity contribution < 1.29 is 19.1 Å². The molecule has 1 fully saturated rings. The van der Waals surface area contributed by atoms with Crippen molar-refractivity contribution in [2.75, 3.05) is 26.3 Å². The van der Waals surface area contributed by atoms with Crippen molar-refractivity contribution in [1.82, 2.24) is 4.90 Å². The van der Waals surface area contributed by atoms with Gasteiger partial charge in [0.1, 0.15) is 18.5 Å². The van der Waals surface area contributed by atoms with Gasteiger partial charge in [-0.2, -0.15) is 0 Å². The highest BCUT2D eigenvalue weighted by Gasteiger charge is 2.25. The van der Waals surface area contributed by atoms with Crippen molar-refractivity contribution >= 4 is 34.9 Å². The van der Waals surface area contributed by atoms with Crippen molar-refractivity contribution in [2.24, 2.45) is 0 Å². The average molecular weight is 450 g/mol. The summed E-state index contributed by atoms with van der Waals surface area (Å²) >= 11 is 12.4. The van der Waals surface area contributed by atoms with Crippen LogP contribution in [0.3, 0.4) is 0 Å². The Labute approximate surface area is 186 Å². The number of carbonyl (C=O) groups excluding carboxylic acids is 2. The zero-order valence-electron chi connectivity index (χ0n) is 17.1. The first kappa shape index (κ1) is 22.6. The Morgan fingerprint density at radius 1 is 1.20 bits per heavy atom. The molecule has 0 bridgehead atoms. The van der Waals surface area contributed by atoms with Crippen LogP contribution in [0.2, 0.25) is 10.0 Å². The Morgan fingerprint density at radius 3 is 2.60 bits per heavy atom. The van der Waals surface area contributed by atoms with Gasteiger partial charge in [-0.15, -0.1) is 0 Å². The number of hydrogen-bond donors (Lipinski definition) is 0. The summed E-state index contributed by atoms with van der Waals surface area (Å²) in [6.45, 7) is 5.25. The minimum atomic E-state index is -0.209. The van der Waals surface area contributed by atoms with Gasteiger partial charge in [0, 0.05) is 28.6 Å². The van der Waals surface area contributed by atoms with Gasteiger partial charge in [-0.3, -0.25) is 9.59 Å². The number of benzene rings is 2. The lowest BCUT2D eigenvalue weighted by Crippen LogP contribution is -2.47. The number of nitrogens with zero attached hydrogens (tertiary/aromatic N) is 1. The molecule has 1 heterocycles. The highest BCUT2D eigenvalue weighted by molar-refractivity contribution is 6.36. The number of hydrogen-bond acceptors (Lipinski definition) is 4. The summed E-state index contributed by atoms with van der Waals surface area (Å²) in [5, 5.41) is 1.16. The molecule has 3 rings (SSSR count). The van der Waals surface area contributed by atoms with Crippen LogP contribution < -0.4 is 4.74 Å². The number of amides is 1. The van der Waals surface area contributed by atoms with Gasteiger partial charge in [-0.1, -0.05) is 29.3 Å². The Hall–Kier alpha value is -2.08. The maximum atomic E-state index is 12.7. The first-order chi connectivity index (χ1) is 14.3. The maximum absolute atomic E-state index is 12.7. The van der Waals surface area contributed by atoms with Gasteiger partial charge in [0.25, 0.3) is 0 Å². The van der Waals surface area contributed by atoms with E-state index in [1.807, 2.05) is 13.0 Å². The lowest BCUT2D eigenvalue weighted by atomic mass is 10.1. The Balaban J connectivity index is 1.52. The lowest BCUT2D eigenvalue weighted by molar-refractivity contribution is -0.139. The molecule has 2 aromatic rings. The number of rotatable bonds is 7. The van der Waals surface area contributed by atoms with Gasteiger partial charge in [0.2, 0.25) is 5.91 Å². The minimum absolute atomic E-state index is 0.0295. The fourth-order valence-corrected chi connectivity index (χ4v) is 4.10. The smallest absolute Gasteiger partial charge is 0.223 e. The summed E-state index contributed by atoms with van der Waals surface area (Å²) in [4.78, 5) is 26.0. The number of ketones is 1. The third-order valence-electron chi connectivity index (χ3n) is 5.16. The molecule has 1 amide bonds. The molecule has 1 aliphatic heterocycles. The number of ether oxygens (including phenoxy) is 2. The topological polar surface area (TPSA) is 55.8 Å². The molecule has 1 atom stereocenters. The second kappa shape index (κ2) is 10.3. The molecule has 0 spiro atoms. The predicted octanol–water partition coefficient (Wildman–Crippen LogP) is 4.74. The van der Waals surface area contributed by atoms with Crippen LogP contribution in [0.5, 0.6) is 5.75 Å². The highest BCUT2D eigenvalue weighted by Crippen LogP contribution is 2.26. The van der Waals surface area contributed by atoms with Gasteiger partial charge >= 0.3 is 0 Å². The van der Waals surface area contributed by atoms with E-state index in [-0.39, 0.29) is 17.8 Å². The lowest BCUT2D eigenvalue weighted by Gasteiger charge is -2.33. The number of morpholine rings is 1. The van der Waals surface area contributed by atoms with Gasteiger partial charge in [0.15, 0.2) is 5.78 Å². The van der Waals surface area contributed by atoms with Crippen LogP contribution in [0.15, 0.2) is 36.4 Å². The second-order valence-electron chi connectivity index (χ2n) is 7.38. The minimum Gasteiger partial charge on any atom is -0.491 e. The second-order valence-corrected chi connectivity index (χ2v) is 8.19. The Morgan fingerprint density at radius 2 is 1.93 bits per heavy atom. The third kappa shape index (κ3) is 5.75. The fourth-order valence-electron chi connectivity index (χ4n) is 3.52. The number of Topliss-reactive ketones (excluding diaryl/α,β-unsaturated/α-hetero) is 1. The molecule has 30 heavy (non-hydrogen) atoms. The van der Waals surface area contributed by atoms with Crippen LogP contribution in [-0.4, -0.2) is 49.0 Å². The monoisotopic (exact) mass is 449 g/mol. The van der Waals surface area contributed by atoms with Crippen LogP contribution in [0, 0.1) is 6.92 Å². The van der Waals surface area contributed by atoms with Gasteiger partial charge in [-0.25, -0.2) is 0 Å². The van der Waals surface area contributed by atoms with Crippen molar-refractivity contribution in [3.05, 3.63) is 63.1 Å². The zero-order valence-corrected chi connectivity index (χ0v) is 18.6. The highest BCUT2D eigenvalue weighted by atomic mass is 35.5. The van der Waals surface area contributed by atoms with Crippen molar-refractivity contribution in [3.8, 4) is 5.75 Å². The summed E-state index contributed by atoms with van der Waals surface area (Å²) < 4.78 is 11.6. The molecule has 0 aromatic heterocycles. The van der Waals surface area contributed by atoms with E-state index in [1.165, 1.54) is 0 Å². The largest absolute Gasteiger partial charge is 0.491 e. The van der Waals surface area contributed by atoms with E-state index in [4.69, 9.17) is 32.7 Å².